The van der Waals surface area contributed by atoms with Gasteiger partial charge in [0, 0.05) is 0 Å². The molecule has 0 aromatic carbocycles. The predicted octanol–water partition coefficient (Wildman–Crippen LogP) is 6.54. The van der Waals surface area contributed by atoms with Crippen molar-refractivity contribution in [3.8, 4) is 6.07 Å². The van der Waals surface area contributed by atoms with Gasteiger partial charge in [0.1, 0.15) is 6.07 Å². The highest BCUT2D eigenvalue weighted by atomic mass is 32.2. The van der Waals surface area contributed by atoms with E-state index in [1.807, 2.05) is 47.8 Å². The van der Waals surface area contributed by atoms with Gasteiger partial charge in [-0.05, 0) is 78.0 Å². The zero-order chi connectivity index (χ0) is 18.5. The molecule has 0 fully saturated rings. The Kier molecular flexibility index (Phi) is 4.10. The van der Waals surface area contributed by atoms with E-state index >= 15 is 0 Å². The van der Waals surface area contributed by atoms with E-state index in [0.717, 1.165) is 16.7 Å². The fourth-order valence-corrected chi connectivity index (χ4v) is 7.23. The van der Waals surface area contributed by atoms with E-state index < -0.39 is 0 Å². The van der Waals surface area contributed by atoms with Gasteiger partial charge in [-0.2, -0.15) is 5.26 Å². The number of allylic oxidation sites excluding steroid dienone is 14. The topological polar surface area (TPSA) is 23.8 Å². The Balaban J connectivity index is 2.01. The molecule has 0 amide bonds. The van der Waals surface area contributed by atoms with Crippen molar-refractivity contribution in [3.63, 3.8) is 0 Å². The number of hydrogen-bond donors (Lipinski definition) is 0. The highest BCUT2D eigenvalue weighted by molar-refractivity contribution is 8.09. The van der Waals surface area contributed by atoms with Crippen LogP contribution in [0.2, 0.25) is 0 Å². The summed E-state index contributed by atoms with van der Waals surface area (Å²) >= 11 is 3.84. The molecule has 4 rings (SSSR count). The summed E-state index contributed by atoms with van der Waals surface area (Å²) in [6.45, 7) is 8.97. The van der Waals surface area contributed by atoms with Crippen molar-refractivity contribution in [2.45, 2.75) is 37.2 Å². The van der Waals surface area contributed by atoms with Crippen molar-refractivity contribution >= 4 is 23.5 Å². The second-order valence-corrected chi connectivity index (χ2v) is 10.6. The zero-order valence-corrected chi connectivity index (χ0v) is 17.1. The van der Waals surface area contributed by atoms with Crippen LogP contribution in [-0.2, 0) is 0 Å². The van der Waals surface area contributed by atoms with Crippen LogP contribution in [0.5, 0.6) is 0 Å². The molecular formula is C23H21NS2. The Bertz CT molecular complexity index is 970. The fourth-order valence-electron chi connectivity index (χ4n) is 4.18. The van der Waals surface area contributed by atoms with Crippen LogP contribution in [0.1, 0.15) is 27.7 Å². The monoisotopic (exact) mass is 375 g/mol. The Morgan fingerprint density at radius 1 is 0.885 bits per heavy atom. The maximum absolute atomic E-state index is 10.1. The summed E-state index contributed by atoms with van der Waals surface area (Å²) in [5.74, 6) is 0. The van der Waals surface area contributed by atoms with E-state index in [1.54, 1.807) is 0 Å². The minimum Gasteiger partial charge on any atom is -0.192 e. The van der Waals surface area contributed by atoms with Crippen LogP contribution in [0.4, 0.5) is 0 Å². The summed E-state index contributed by atoms with van der Waals surface area (Å²) in [5.41, 5.74) is 5.47. The van der Waals surface area contributed by atoms with Gasteiger partial charge >= 0.3 is 0 Å². The standard InChI is InChI=1S/C23H21NS2/c1-15-11-20-18(13-17-9-7-5-6-8-10-17)19(14-24)21-12-16(2)26-23(21,4)22(20,3)25-15/h5-13H,1-4H3. The number of hydrogen-bond acceptors (Lipinski definition) is 3. The smallest absolute Gasteiger partial charge is 0.100 e. The van der Waals surface area contributed by atoms with Gasteiger partial charge in [-0.25, -0.2) is 0 Å². The number of fused-ring (bicyclic) bond motifs is 3. The van der Waals surface area contributed by atoms with Gasteiger partial charge in [0.05, 0.1) is 15.1 Å². The highest BCUT2D eigenvalue weighted by Gasteiger charge is 2.58. The second-order valence-electron chi connectivity index (χ2n) is 7.26. The molecule has 0 radical (unpaired) electrons. The van der Waals surface area contributed by atoms with Crippen LogP contribution in [0.3, 0.4) is 0 Å². The van der Waals surface area contributed by atoms with Crippen molar-refractivity contribution in [2.75, 3.05) is 0 Å². The van der Waals surface area contributed by atoms with E-state index in [1.165, 1.54) is 21.0 Å². The van der Waals surface area contributed by atoms with E-state index in [-0.39, 0.29) is 9.49 Å². The van der Waals surface area contributed by atoms with Crippen LogP contribution in [0, 0.1) is 11.3 Å². The number of nitrogens with zero attached hydrogens (tertiary/aromatic N) is 1. The third kappa shape index (κ3) is 2.40. The molecule has 0 saturated carbocycles. The largest absolute Gasteiger partial charge is 0.192 e. The fraction of sp³-hybridized carbons (Fsp3) is 0.261. The first kappa shape index (κ1) is 17.5. The van der Waals surface area contributed by atoms with Crippen LogP contribution in [0.25, 0.3) is 0 Å². The minimum absolute atomic E-state index is 0.0749. The molecule has 3 heteroatoms. The first-order valence-electron chi connectivity index (χ1n) is 8.77. The molecule has 1 nitrogen and oxygen atoms in total. The van der Waals surface area contributed by atoms with Crippen molar-refractivity contribution < 1.29 is 0 Å². The van der Waals surface area contributed by atoms with E-state index in [0.29, 0.717) is 0 Å². The molecule has 0 spiro atoms. The molecule has 2 unspecified atom stereocenters. The maximum Gasteiger partial charge on any atom is 0.100 e. The van der Waals surface area contributed by atoms with Crippen molar-refractivity contribution in [2.24, 2.45) is 0 Å². The molecule has 0 N–H and O–H groups in total. The van der Waals surface area contributed by atoms with Gasteiger partial charge in [-0.3, -0.25) is 0 Å². The van der Waals surface area contributed by atoms with E-state index in [4.69, 9.17) is 0 Å². The minimum atomic E-state index is -0.116. The van der Waals surface area contributed by atoms with Crippen molar-refractivity contribution in [1.82, 2.24) is 0 Å². The summed E-state index contributed by atoms with van der Waals surface area (Å²) in [6, 6.07) is 2.54. The third-order valence-electron chi connectivity index (χ3n) is 5.53. The van der Waals surface area contributed by atoms with Gasteiger partial charge in [0.15, 0.2) is 0 Å². The van der Waals surface area contributed by atoms with Crippen molar-refractivity contribution in [3.05, 3.63) is 92.4 Å². The van der Waals surface area contributed by atoms with Gasteiger partial charge in [0.2, 0.25) is 0 Å². The Hall–Kier alpha value is -1.89. The van der Waals surface area contributed by atoms with Gasteiger partial charge in [-0.1, -0.05) is 36.5 Å². The molecule has 4 aliphatic rings. The van der Waals surface area contributed by atoms with E-state index in [2.05, 4.69) is 64.1 Å². The molecule has 130 valence electrons. The molecule has 0 aromatic heterocycles. The Morgan fingerprint density at radius 2 is 1.42 bits per heavy atom. The molecule has 26 heavy (non-hydrogen) atoms. The molecule has 0 saturated heterocycles. The molecule has 2 atom stereocenters. The zero-order valence-electron chi connectivity index (χ0n) is 15.5. The quantitative estimate of drug-likeness (QED) is 0.519. The van der Waals surface area contributed by atoms with Gasteiger partial charge in [0.25, 0.3) is 0 Å². The molecular weight excluding hydrogens is 354 g/mol. The Morgan fingerprint density at radius 3 is 2.00 bits per heavy atom. The summed E-state index contributed by atoms with van der Waals surface area (Å²) in [4.78, 5) is 2.60. The molecule has 0 aromatic rings. The average Bonchev–Trinajstić information content (AvgIpc) is 2.94. The lowest BCUT2D eigenvalue weighted by molar-refractivity contribution is 0.612. The molecule has 0 bridgehead atoms. The van der Waals surface area contributed by atoms with Gasteiger partial charge < -0.3 is 0 Å². The lowest BCUT2D eigenvalue weighted by Gasteiger charge is -2.46. The Labute approximate surface area is 164 Å². The number of nitriles is 1. The summed E-state index contributed by atoms with van der Waals surface area (Å²) in [5, 5.41) is 10.1. The average molecular weight is 376 g/mol. The summed E-state index contributed by atoms with van der Waals surface area (Å²) in [7, 11) is 0. The summed E-state index contributed by atoms with van der Waals surface area (Å²) < 4.78 is -0.191. The van der Waals surface area contributed by atoms with Gasteiger partial charge in [-0.15, -0.1) is 23.5 Å². The SMILES string of the molecule is CC1=CC2=C(C#N)C(C=C3C=CC=CC=C3)=C3C=C(C)SC3(C)C2(C)S1. The summed E-state index contributed by atoms with van der Waals surface area (Å²) in [6.07, 6.45) is 19.0. The van der Waals surface area contributed by atoms with Crippen LogP contribution < -0.4 is 0 Å². The lowest BCUT2D eigenvalue weighted by atomic mass is 9.71. The highest BCUT2D eigenvalue weighted by Crippen LogP contribution is 2.66. The second kappa shape index (κ2) is 6.08. The first-order chi connectivity index (χ1) is 12.4. The van der Waals surface area contributed by atoms with Crippen LogP contribution in [-0.4, -0.2) is 9.49 Å². The maximum atomic E-state index is 10.1. The van der Waals surface area contributed by atoms with Crippen LogP contribution >= 0.6 is 23.5 Å². The number of rotatable bonds is 1. The van der Waals surface area contributed by atoms with Crippen LogP contribution in [0.15, 0.2) is 92.4 Å². The first-order valence-corrected chi connectivity index (χ1v) is 10.4. The molecule has 2 aliphatic carbocycles. The number of thioether (sulfide) groups is 2. The molecule has 2 heterocycles. The van der Waals surface area contributed by atoms with E-state index in [9.17, 15) is 5.26 Å². The predicted molar refractivity (Wildman–Crippen MR) is 115 cm³/mol. The normalized spacial score (nSPS) is 32.2. The van der Waals surface area contributed by atoms with Crippen molar-refractivity contribution in [1.29, 1.82) is 5.26 Å². The lowest BCUT2D eigenvalue weighted by Crippen LogP contribution is -2.47. The third-order valence-corrected chi connectivity index (χ3v) is 8.61. The molecule has 2 aliphatic heterocycles.